The zero-order chi connectivity index (χ0) is 13.5. The van der Waals surface area contributed by atoms with Crippen LogP contribution >= 0.6 is 0 Å². The van der Waals surface area contributed by atoms with Crippen LogP contribution in [0, 0.1) is 0 Å². The molecule has 1 aromatic carbocycles. The van der Waals surface area contributed by atoms with Crippen molar-refractivity contribution in [1.82, 2.24) is 0 Å². The molecule has 0 saturated heterocycles. The second kappa shape index (κ2) is 6.86. The maximum Gasteiger partial charge on any atom is 0.335 e. The van der Waals surface area contributed by atoms with Gasteiger partial charge in [-0.2, -0.15) is 0 Å². The summed E-state index contributed by atoms with van der Waals surface area (Å²) in [6.07, 6.45) is 0. The number of hydrogen-bond acceptors (Lipinski definition) is 4. The minimum Gasteiger partial charge on any atom is -0.478 e. The van der Waals surface area contributed by atoms with Crippen LogP contribution in [0.1, 0.15) is 24.2 Å². The van der Waals surface area contributed by atoms with Gasteiger partial charge in [-0.1, -0.05) is 0 Å². The monoisotopic (exact) mass is 252 g/mol. The molecule has 0 spiro atoms. The summed E-state index contributed by atoms with van der Waals surface area (Å²) in [7, 11) is 0. The van der Waals surface area contributed by atoms with E-state index in [2.05, 4.69) is 0 Å². The van der Waals surface area contributed by atoms with Gasteiger partial charge in [0, 0.05) is 19.7 Å². The molecule has 0 aliphatic heterocycles. The third kappa shape index (κ3) is 3.63. The Morgan fingerprint density at radius 3 is 2.72 bits per heavy atom. The Morgan fingerprint density at radius 1 is 1.44 bits per heavy atom. The van der Waals surface area contributed by atoms with E-state index < -0.39 is 5.97 Å². The Morgan fingerprint density at radius 2 is 2.17 bits per heavy atom. The van der Waals surface area contributed by atoms with Gasteiger partial charge in [0.05, 0.1) is 23.5 Å². The summed E-state index contributed by atoms with van der Waals surface area (Å²) in [6, 6.07) is 4.74. The third-order valence-corrected chi connectivity index (χ3v) is 2.71. The van der Waals surface area contributed by atoms with Crippen LogP contribution in [0.25, 0.3) is 0 Å². The molecule has 0 aromatic heterocycles. The second-order valence-electron chi connectivity index (χ2n) is 3.86. The highest BCUT2D eigenvalue weighted by Crippen LogP contribution is 2.24. The Hall–Kier alpha value is -1.75. The van der Waals surface area contributed by atoms with Gasteiger partial charge in [-0.3, -0.25) is 0 Å². The molecule has 0 aliphatic rings. The molecular formula is C13H20N2O3. The van der Waals surface area contributed by atoms with Gasteiger partial charge in [-0.15, -0.1) is 0 Å². The van der Waals surface area contributed by atoms with Gasteiger partial charge in [-0.05, 0) is 32.0 Å². The number of likely N-dealkylation sites (N-methyl/N-ethyl adjacent to an activating group) is 1. The fourth-order valence-electron chi connectivity index (χ4n) is 1.72. The van der Waals surface area contributed by atoms with Crippen LogP contribution in [0.2, 0.25) is 0 Å². The van der Waals surface area contributed by atoms with Crippen LogP contribution < -0.4 is 10.6 Å². The minimum atomic E-state index is -0.947. The summed E-state index contributed by atoms with van der Waals surface area (Å²) in [5.74, 6) is -0.947. The Kier molecular flexibility index (Phi) is 5.45. The van der Waals surface area contributed by atoms with Gasteiger partial charge < -0.3 is 20.5 Å². The number of carbonyl (C=O) groups is 1. The molecule has 0 radical (unpaired) electrons. The first kappa shape index (κ1) is 14.3. The molecule has 0 fully saturated rings. The first-order valence-corrected chi connectivity index (χ1v) is 6.05. The number of ether oxygens (including phenoxy) is 1. The van der Waals surface area contributed by atoms with Crippen LogP contribution in [0.5, 0.6) is 0 Å². The van der Waals surface area contributed by atoms with Crippen LogP contribution in [0.15, 0.2) is 18.2 Å². The highest BCUT2D eigenvalue weighted by molar-refractivity contribution is 5.90. The lowest BCUT2D eigenvalue weighted by Crippen LogP contribution is -2.28. The molecule has 5 heteroatoms. The van der Waals surface area contributed by atoms with E-state index in [1.54, 1.807) is 12.1 Å². The van der Waals surface area contributed by atoms with Crippen molar-refractivity contribution in [3.05, 3.63) is 23.8 Å². The Bertz CT molecular complexity index is 407. The number of carboxylic acid groups (broad SMARTS) is 1. The zero-order valence-corrected chi connectivity index (χ0v) is 10.8. The molecule has 100 valence electrons. The Balaban J connectivity index is 2.89. The maximum absolute atomic E-state index is 11.0. The van der Waals surface area contributed by atoms with Crippen molar-refractivity contribution in [3.63, 3.8) is 0 Å². The summed E-state index contributed by atoms with van der Waals surface area (Å²) in [6.45, 7) is 6.65. The number of anilines is 2. The number of benzene rings is 1. The second-order valence-corrected chi connectivity index (χ2v) is 3.86. The summed E-state index contributed by atoms with van der Waals surface area (Å²) in [4.78, 5) is 13.0. The predicted octanol–water partition coefficient (Wildman–Crippen LogP) is 1.83. The molecule has 0 saturated carbocycles. The maximum atomic E-state index is 11.0. The van der Waals surface area contributed by atoms with Crippen molar-refractivity contribution in [2.75, 3.05) is 36.9 Å². The molecule has 0 aliphatic carbocycles. The third-order valence-electron chi connectivity index (χ3n) is 2.71. The van der Waals surface area contributed by atoms with E-state index in [4.69, 9.17) is 15.6 Å². The van der Waals surface area contributed by atoms with Gasteiger partial charge in [0.15, 0.2) is 0 Å². The first-order valence-electron chi connectivity index (χ1n) is 6.05. The zero-order valence-electron chi connectivity index (χ0n) is 10.8. The van der Waals surface area contributed by atoms with Crippen LogP contribution in [-0.2, 0) is 4.74 Å². The van der Waals surface area contributed by atoms with E-state index in [9.17, 15) is 4.79 Å². The number of nitrogens with zero attached hydrogens (tertiary/aromatic N) is 1. The molecule has 0 bridgehead atoms. The first-order chi connectivity index (χ1) is 8.60. The summed E-state index contributed by atoms with van der Waals surface area (Å²) < 4.78 is 5.31. The van der Waals surface area contributed by atoms with E-state index >= 15 is 0 Å². The van der Waals surface area contributed by atoms with Crippen molar-refractivity contribution < 1.29 is 14.6 Å². The summed E-state index contributed by atoms with van der Waals surface area (Å²) in [5.41, 5.74) is 7.47. The van der Waals surface area contributed by atoms with Gasteiger partial charge >= 0.3 is 5.97 Å². The highest BCUT2D eigenvalue weighted by atomic mass is 16.5. The number of aromatic carboxylic acids is 1. The summed E-state index contributed by atoms with van der Waals surface area (Å²) >= 11 is 0. The van der Waals surface area contributed by atoms with Crippen molar-refractivity contribution >= 4 is 17.3 Å². The van der Waals surface area contributed by atoms with Crippen LogP contribution in [0.4, 0.5) is 11.4 Å². The molecule has 0 unspecified atom stereocenters. The molecule has 0 amide bonds. The van der Waals surface area contributed by atoms with E-state index in [-0.39, 0.29) is 5.56 Å². The molecule has 5 nitrogen and oxygen atoms in total. The fraction of sp³-hybridized carbons (Fsp3) is 0.462. The summed E-state index contributed by atoms with van der Waals surface area (Å²) in [5, 5.41) is 8.98. The molecule has 1 rings (SSSR count). The predicted molar refractivity (Wildman–Crippen MR) is 72.2 cm³/mol. The van der Waals surface area contributed by atoms with E-state index in [1.165, 1.54) is 6.07 Å². The standard InChI is InChI=1S/C13H20N2O3/c1-3-15(7-8-18-4-2)12-9-10(13(16)17)5-6-11(12)14/h5-6,9H,3-4,7-8,14H2,1-2H3,(H,16,17). The highest BCUT2D eigenvalue weighted by Gasteiger charge is 2.11. The number of rotatable bonds is 7. The average molecular weight is 252 g/mol. The number of nitrogens with two attached hydrogens (primary N) is 1. The SMILES string of the molecule is CCOCCN(CC)c1cc(C(=O)O)ccc1N. The van der Waals surface area contributed by atoms with Gasteiger partial charge in [-0.25, -0.2) is 4.79 Å². The largest absolute Gasteiger partial charge is 0.478 e. The number of nitrogen functional groups attached to an aromatic ring is 1. The van der Waals surface area contributed by atoms with Crippen LogP contribution in [0.3, 0.4) is 0 Å². The molecule has 3 N–H and O–H groups in total. The van der Waals surface area contributed by atoms with E-state index in [1.807, 2.05) is 18.7 Å². The van der Waals surface area contributed by atoms with Crippen molar-refractivity contribution in [2.45, 2.75) is 13.8 Å². The van der Waals surface area contributed by atoms with Crippen molar-refractivity contribution in [2.24, 2.45) is 0 Å². The quantitative estimate of drug-likeness (QED) is 0.572. The lowest BCUT2D eigenvalue weighted by molar-refractivity contribution is 0.0697. The molecule has 18 heavy (non-hydrogen) atoms. The number of carboxylic acids is 1. The minimum absolute atomic E-state index is 0.244. The smallest absolute Gasteiger partial charge is 0.335 e. The fourth-order valence-corrected chi connectivity index (χ4v) is 1.72. The normalized spacial score (nSPS) is 10.3. The lowest BCUT2D eigenvalue weighted by atomic mass is 10.1. The molecule has 0 atom stereocenters. The van der Waals surface area contributed by atoms with Gasteiger partial charge in [0.1, 0.15) is 0 Å². The van der Waals surface area contributed by atoms with Crippen LogP contribution in [-0.4, -0.2) is 37.4 Å². The topological polar surface area (TPSA) is 75.8 Å². The van der Waals surface area contributed by atoms with E-state index in [0.717, 1.165) is 12.2 Å². The molecule has 1 aromatic rings. The molecular weight excluding hydrogens is 232 g/mol. The van der Waals surface area contributed by atoms with E-state index in [0.29, 0.717) is 25.4 Å². The number of hydrogen-bond donors (Lipinski definition) is 2. The molecule has 0 heterocycles. The lowest BCUT2D eigenvalue weighted by Gasteiger charge is -2.24. The van der Waals surface area contributed by atoms with Crippen molar-refractivity contribution in [1.29, 1.82) is 0 Å². The Labute approximate surface area is 107 Å². The van der Waals surface area contributed by atoms with Gasteiger partial charge in [0.2, 0.25) is 0 Å². The van der Waals surface area contributed by atoms with Crippen molar-refractivity contribution in [3.8, 4) is 0 Å². The van der Waals surface area contributed by atoms with Gasteiger partial charge in [0.25, 0.3) is 0 Å². The average Bonchev–Trinajstić information content (AvgIpc) is 2.35.